The molecule has 0 saturated carbocycles. The van der Waals surface area contributed by atoms with Crippen LogP contribution >= 0.6 is 0 Å². The Kier molecular flexibility index (Phi) is 12.4. The Morgan fingerprint density at radius 1 is 0.310 bits per heavy atom. The van der Waals surface area contributed by atoms with E-state index in [2.05, 4.69) is 310 Å². The molecule has 2 aliphatic rings. The van der Waals surface area contributed by atoms with Gasteiger partial charge in [0.05, 0.1) is 22.4 Å². The number of nitrogens with zero attached hydrogens (tertiary/aromatic N) is 4. The van der Waals surface area contributed by atoms with Gasteiger partial charge in [-0.25, -0.2) is 9.97 Å². The second-order valence-electron chi connectivity index (χ2n) is 31.6. The van der Waals surface area contributed by atoms with E-state index in [9.17, 15) is 0 Å². The lowest BCUT2D eigenvalue weighted by Crippen LogP contribution is -2.59. The van der Waals surface area contributed by atoms with Crippen LogP contribution in [-0.4, -0.2) is 25.8 Å². The molecule has 0 aliphatic carbocycles. The maximum Gasteiger partial charge on any atom is 0.252 e. The SMILES string of the molecule is CC(C)(C)c1cc(-c2cc(-c3cc4c5c(c3)-n3c6ccc(-c7ccccc7)cc6c6c(C(C)(C)C)ccc(c63)B5c3ccc(C(C)(C)C)c5c6cc(-c7ccccc7)ccc6n-4c35)nc(-c3cc(C(C)(C)C)cc(C(C)(C)C)c3)n2)cc(C(C)(C)C)c1. The number of benzene rings is 9. The van der Waals surface area contributed by atoms with Crippen molar-refractivity contribution < 1.29 is 0 Å². The summed E-state index contributed by atoms with van der Waals surface area (Å²) >= 11 is 0. The summed E-state index contributed by atoms with van der Waals surface area (Å²) < 4.78 is 5.31. The third-order valence-corrected chi connectivity index (χ3v) is 19.1. The van der Waals surface area contributed by atoms with E-state index in [0.29, 0.717) is 0 Å². The Hall–Kier alpha value is -8.28. The molecule has 0 bridgehead atoms. The maximum atomic E-state index is 5.89. The van der Waals surface area contributed by atoms with E-state index in [1.165, 1.54) is 127 Å². The van der Waals surface area contributed by atoms with Crippen LogP contribution in [0.2, 0.25) is 0 Å². The minimum absolute atomic E-state index is 0.0590. The van der Waals surface area contributed by atoms with Crippen molar-refractivity contribution in [2.24, 2.45) is 0 Å². The van der Waals surface area contributed by atoms with Gasteiger partial charge in [-0.15, -0.1) is 0 Å². The van der Waals surface area contributed by atoms with Gasteiger partial charge >= 0.3 is 0 Å². The Balaban J connectivity index is 1.16. The second kappa shape index (κ2) is 19.1. The minimum Gasteiger partial charge on any atom is -0.310 e. The van der Waals surface area contributed by atoms with Crippen LogP contribution in [0.3, 0.4) is 0 Å². The van der Waals surface area contributed by atoms with Gasteiger partial charge in [-0.2, -0.15) is 0 Å². The highest BCUT2D eigenvalue weighted by Gasteiger charge is 2.43. The number of aromatic nitrogens is 4. The fraction of sp³-hybridized carbons (Fsp3) is 0.293. The van der Waals surface area contributed by atoms with Crippen LogP contribution in [0.4, 0.5) is 0 Å². The number of fused-ring (bicyclic) bond motifs is 10. The minimum atomic E-state index is -0.146. The fourth-order valence-corrected chi connectivity index (χ4v) is 14.2. The van der Waals surface area contributed by atoms with Crippen molar-refractivity contribution in [3.8, 4) is 67.5 Å². The number of hydrogen-bond donors (Lipinski definition) is 0. The molecule has 2 aliphatic heterocycles. The van der Waals surface area contributed by atoms with E-state index in [1.54, 1.807) is 0 Å². The van der Waals surface area contributed by atoms with Crippen molar-refractivity contribution in [2.75, 3.05) is 0 Å². The van der Waals surface area contributed by atoms with Gasteiger partial charge in [0.15, 0.2) is 5.82 Å². The first-order valence-corrected chi connectivity index (χ1v) is 31.7. The maximum absolute atomic E-state index is 5.89. The Morgan fingerprint density at radius 2 is 0.678 bits per heavy atom. The van der Waals surface area contributed by atoms with Crippen molar-refractivity contribution in [1.29, 1.82) is 0 Å². The molecule has 4 nitrogen and oxygen atoms in total. The van der Waals surface area contributed by atoms with Gasteiger partial charge in [-0.3, -0.25) is 0 Å². The van der Waals surface area contributed by atoms with Crippen LogP contribution in [0.1, 0.15) is 158 Å². The molecule has 0 unspecified atom stereocenters. The second-order valence-corrected chi connectivity index (χ2v) is 31.6. The highest BCUT2D eigenvalue weighted by atomic mass is 15.0. The van der Waals surface area contributed by atoms with E-state index >= 15 is 0 Å². The fourth-order valence-electron chi connectivity index (χ4n) is 14.2. The molecule has 0 N–H and O–H groups in total. The van der Waals surface area contributed by atoms with Crippen LogP contribution in [0.15, 0.2) is 176 Å². The van der Waals surface area contributed by atoms with Crippen LogP contribution in [0, 0.1) is 0 Å². The van der Waals surface area contributed by atoms with Gasteiger partial charge < -0.3 is 9.13 Å². The molecule has 5 heteroatoms. The quantitative estimate of drug-likeness (QED) is 0.161. The summed E-state index contributed by atoms with van der Waals surface area (Å²) in [7, 11) is 0. The summed E-state index contributed by atoms with van der Waals surface area (Å²) in [5, 5.41) is 5.21. The molecule has 14 rings (SSSR count). The smallest absolute Gasteiger partial charge is 0.252 e. The van der Waals surface area contributed by atoms with E-state index in [4.69, 9.17) is 9.97 Å². The molecule has 434 valence electrons. The zero-order chi connectivity index (χ0) is 61.4. The van der Waals surface area contributed by atoms with Crippen molar-refractivity contribution in [3.05, 3.63) is 209 Å². The normalized spacial score (nSPS) is 13.6. The third kappa shape index (κ3) is 9.23. The van der Waals surface area contributed by atoms with E-state index in [1.807, 2.05) is 0 Å². The summed E-state index contributed by atoms with van der Waals surface area (Å²) in [5.41, 5.74) is 28.4. The molecule has 87 heavy (non-hydrogen) atoms. The van der Waals surface area contributed by atoms with Crippen LogP contribution in [0.25, 0.3) is 111 Å². The molecule has 0 spiro atoms. The van der Waals surface area contributed by atoms with E-state index < -0.39 is 0 Å². The monoisotopic (exact) mass is 1130 g/mol. The lowest BCUT2D eigenvalue weighted by molar-refractivity contribution is 0.568. The summed E-state index contributed by atoms with van der Waals surface area (Å²) in [6.45, 7) is 42.1. The van der Waals surface area contributed by atoms with Gasteiger partial charge in [-0.1, -0.05) is 234 Å². The van der Waals surface area contributed by atoms with Crippen molar-refractivity contribution in [1.82, 2.24) is 19.1 Å². The Morgan fingerprint density at radius 3 is 1.05 bits per heavy atom. The molecule has 0 saturated heterocycles. The molecule has 0 radical (unpaired) electrons. The van der Waals surface area contributed by atoms with Gasteiger partial charge in [0.1, 0.15) is 0 Å². The van der Waals surface area contributed by atoms with Crippen LogP contribution in [0.5, 0.6) is 0 Å². The lowest BCUT2D eigenvalue weighted by atomic mass is 9.34. The van der Waals surface area contributed by atoms with Crippen molar-refractivity contribution in [3.63, 3.8) is 0 Å². The number of rotatable bonds is 5. The molecule has 5 heterocycles. The largest absolute Gasteiger partial charge is 0.310 e. The van der Waals surface area contributed by atoms with E-state index in [0.717, 1.165) is 33.9 Å². The summed E-state index contributed by atoms with van der Waals surface area (Å²) in [4.78, 5) is 11.6. The van der Waals surface area contributed by atoms with Crippen molar-refractivity contribution >= 4 is 66.7 Å². The zero-order valence-electron chi connectivity index (χ0n) is 54.6. The summed E-state index contributed by atoms with van der Waals surface area (Å²) in [6.07, 6.45) is 0. The lowest BCUT2D eigenvalue weighted by Gasteiger charge is -2.35. The highest BCUT2D eigenvalue weighted by Crippen LogP contribution is 2.47. The topological polar surface area (TPSA) is 35.6 Å². The molecule has 0 amide bonds. The Bertz CT molecular complexity index is 4470. The Labute approximate surface area is 516 Å². The van der Waals surface area contributed by atoms with Crippen LogP contribution in [-0.2, 0) is 32.5 Å². The first kappa shape index (κ1) is 56.5. The highest BCUT2D eigenvalue weighted by molar-refractivity contribution is 7.00. The molecule has 9 aromatic carbocycles. The number of hydrogen-bond acceptors (Lipinski definition) is 2. The predicted octanol–water partition coefficient (Wildman–Crippen LogP) is 19.9. The first-order valence-electron chi connectivity index (χ1n) is 31.7. The molecule has 0 fully saturated rings. The molecule has 0 atom stereocenters. The average molecular weight is 1140 g/mol. The molecular weight excluding hydrogens is 1050 g/mol. The average Bonchev–Trinajstić information content (AvgIpc) is 1.63. The summed E-state index contributed by atoms with van der Waals surface area (Å²) in [6, 6.07) is 67.8. The van der Waals surface area contributed by atoms with Crippen LogP contribution < -0.4 is 16.4 Å². The van der Waals surface area contributed by atoms with Gasteiger partial charge in [0, 0.05) is 60.6 Å². The predicted molar refractivity (Wildman–Crippen MR) is 375 cm³/mol. The molecule has 12 aromatic rings. The van der Waals surface area contributed by atoms with Gasteiger partial charge in [0.25, 0.3) is 6.71 Å². The van der Waals surface area contributed by atoms with Gasteiger partial charge in [0.2, 0.25) is 0 Å². The van der Waals surface area contributed by atoms with E-state index in [-0.39, 0.29) is 39.2 Å². The zero-order valence-corrected chi connectivity index (χ0v) is 54.6. The molecule has 3 aromatic heterocycles. The van der Waals surface area contributed by atoms with Gasteiger partial charge in [-0.05, 0) is 171 Å². The standard InChI is InChI=1S/C82H83BN4/c1-77(2,3)55-37-52(38-56(45-55)78(4,5)6)65-47-66(85-76(84-65)54-39-57(79(7,8)9)46-58(40-54)80(10,11)12)53-43-69-73-70(44-53)87-68-36-30-51(49-27-23-20-24-28-49)42-60(68)72-62(82(16,17)18)32-34-64(75(72)87)83(73)63-33-31-61(81(13,14)15)71-59-41-50(48-25-21-19-22-26-48)29-35-67(59)86(69)74(63)71/h19-47H,1-18H3. The first-order chi connectivity index (χ1) is 40.9. The molecular formula is C82H83BN4. The third-order valence-electron chi connectivity index (χ3n) is 19.1. The summed E-state index contributed by atoms with van der Waals surface area (Å²) in [5.74, 6) is 0.728. The van der Waals surface area contributed by atoms with Crippen molar-refractivity contribution in [2.45, 2.75) is 157 Å².